The first-order valence-electron chi connectivity index (χ1n) is 14.5. The van der Waals surface area contributed by atoms with Crippen LogP contribution in [0.3, 0.4) is 0 Å². The maximum atomic E-state index is 13.8. The topological polar surface area (TPSA) is 130 Å². The number of nitrogens with zero attached hydrogens (tertiary/aromatic N) is 1. The van der Waals surface area contributed by atoms with Gasteiger partial charge in [-0.1, -0.05) is 30.3 Å². The van der Waals surface area contributed by atoms with Crippen LogP contribution in [-0.2, 0) is 19.1 Å². The Morgan fingerprint density at radius 3 is 2.30 bits per heavy atom. The van der Waals surface area contributed by atoms with Crippen LogP contribution in [0.5, 0.6) is 0 Å². The molecule has 0 radical (unpaired) electrons. The highest BCUT2D eigenvalue weighted by molar-refractivity contribution is 6.00. The number of likely N-dealkylation sites (tertiary alicyclic amines) is 1. The van der Waals surface area contributed by atoms with E-state index in [4.69, 9.17) is 9.15 Å². The lowest BCUT2D eigenvalue weighted by molar-refractivity contribution is -0.138. The van der Waals surface area contributed by atoms with Crippen molar-refractivity contribution < 1.29 is 28.3 Å². The molecule has 44 heavy (non-hydrogen) atoms. The third-order valence-corrected chi connectivity index (χ3v) is 7.15. The number of amides is 4. The van der Waals surface area contributed by atoms with E-state index in [2.05, 4.69) is 16.0 Å². The van der Waals surface area contributed by atoms with Crippen molar-refractivity contribution in [3.63, 3.8) is 0 Å². The summed E-state index contributed by atoms with van der Waals surface area (Å²) in [5, 5.41) is 9.21. The molecule has 0 bridgehead atoms. The van der Waals surface area contributed by atoms with Crippen LogP contribution >= 0.6 is 0 Å². The van der Waals surface area contributed by atoms with Crippen molar-refractivity contribution in [2.75, 3.05) is 17.2 Å². The number of anilines is 2. The van der Waals surface area contributed by atoms with Crippen LogP contribution in [0.15, 0.2) is 83.3 Å². The fraction of sp³-hybridized carbons (Fsp3) is 0.294. The van der Waals surface area contributed by atoms with E-state index in [1.165, 1.54) is 11.8 Å². The van der Waals surface area contributed by atoms with Gasteiger partial charge in [-0.15, -0.1) is 0 Å². The molecule has 0 saturated carbocycles. The number of ether oxygens (including phenoxy) is 1. The molecule has 2 atom stereocenters. The molecule has 1 aliphatic rings. The molecule has 4 amide bonds. The minimum atomic E-state index is -1.01. The molecule has 1 fully saturated rings. The van der Waals surface area contributed by atoms with Gasteiger partial charge in [0.05, 0.1) is 0 Å². The molecule has 1 aromatic heterocycles. The van der Waals surface area contributed by atoms with Crippen LogP contribution in [0.25, 0.3) is 22.3 Å². The second-order valence-electron chi connectivity index (χ2n) is 11.8. The quantitative estimate of drug-likeness (QED) is 0.231. The molecule has 10 heteroatoms. The van der Waals surface area contributed by atoms with Crippen LogP contribution in [0.1, 0.15) is 52.1 Å². The summed E-state index contributed by atoms with van der Waals surface area (Å²) >= 11 is 0. The molecular formula is C34H36N4O6. The van der Waals surface area contributed by atoms with Gasteiger partial charge in [-0.3, -0.25) is 14.4 Å². The minimum Gasteiger partial charge on any atom is -0.456 e. The standard InChI is InChI=1S/C34H36N4O6/c1-21(39)35-25-14-12-22(13-15-25)29-20-24-19-26(16-17-28(24)43-29)36-31(40)27-11-8-18-38(27)32(41)30(23-9-6-5-7-10-23)37-33(42)44-34(2,3)4/h5-7,9-10,12-17,19-20,27,30H,8,11,18H2,1-4H3,(H,35,39)(H,36,40)(H,37,42)/t27-,30+/m0/s1. The number of carbonyl (C=O) groups is 4. The van der Waals surface area contributed by atoms with Gasteiger partial charge in [-0.2, -0.15) is 0 Å². The first-order valence-corrected chi connectivity index (χ1v) is 14.5. The number of fused-ring (bicyclic) bond motifs is 1. The number of furan rings is 1. The second-order valence-corrected chi connectivity index (χ2v) is 11.8. The normalized spacial score (nSPS) is 15.5. The summed E-state index contributed by atoms with van der Waals surface area (Å²) < 4.78 is 11.4. The monoisotopic (exact) mass is 596 g/mol. The molecule has 3 N–H and O–H groups in total. The maximum Gasteiger partial charge on any atom is 0.408 e. The smallest absolute Gasteiger partial charge is 0.408 e. The Bertz CT molecular complexity index is 1670. The Morgan fingerprint density at radius 2 is 1.61 bits per heavy atom. The van der Waals surface area contributed by atoms with E-state index in [1.807, 2.05) is 30.3 Å². The van der Waals surface area contributed by atoms with Crippen molar-refractivity contribution >= 4 is 46.2 Å². The molecule has 2 heterocycles. The van der Waals surface area contributed by atoms with E-state index in [1.54, 1.807) is 69.3 Å². The van der Waals surface area contributed by atoms with Gasteiger partial charge in [0.25, 0.3) is 5.91 Å². The summed E-state index contributed by atoms with van der Waals surface area (Å²) in [6, 6.07) is 21.8. The predicted octanol–water partition coefficient (Wildman–Crippen LogP) is 6.25. The molecule has 1 aliphatic heterocycles. The van der Waals surface area contributed by atoms with Gasteiger partial charge in [-0.05, 0) is 87.7 Å². The molecule has 0 spiro atoms. The lowest BCUT2D eigenvalue weighted by Gasteiger charge is -2.29. The molecule has 10 nitrogen and oxygen atoms in total. The van der Waals surface area contributed by atoms with Crippen molar-refractivity contribution in [1.29, 1.82) is 0 Å². The maximum absolute atomic E-state index is 13.8. The summed E-state index contributed by atoms with van der Waals surface area (Å²) in [5.41, 5.74) is 2.62. The number of nitrogens with one attached hydrogen (secondary N) is 3. The van der Waals surface area contributed by atoms with Gasteiger partial charge in [0.1, 0.15) is 29.0 Å². The Hall–Kier alpha value is -5.12. The molecular weight excluding hydrogens is 560 g/mol. The first kappa shape index (κ1) is 30.3. The van der Waals surface area contributed by atoms with Crippen LogP contribution in [0.4, 0.5) is 16.2 Å². The van der Waals surface area contributed by atoms with E-state index in [0.29, 0.717) is 47.7 Å². The number of hydrogen-bond donors (Lipinski definition) is 3. The highest BCUT2D eigenvalue weighted by Crippen LogP contribution is 2.31. The Kier molecular flexibility index (Phi) is 8.71. The summed E-state index contributed by atoms with van der Waals surface area (Å²) in [6.45, 7) is 7.10. The average Bonchev–Trinajstić information content (AvgIpc) is 3.63. The highest BCUT2D eigenvalue weighted by Gasteiger charge is 2.38. The van der Waals surface area contributed by atoms with E-state index in [-0.39, 0.29) is 17.7 Å². The molecule has 3 aromatic carbocycles. The summed E-state index contributed by atoms with van der Waals surface area (Å²) in [7, 11) is 0. The number of rotatable bonds is 7. The average molecular weight is 597 g/mol. The van der Waals surface area contributed by atoms with Crippen LogP contribution in [0.2, 0.25) is 0 Å². The van der Waals surface area contributed by atoms with Gasteiger partial charge in [0.15, 0.2) is 0 Å². The zero-order valence-electron chi connectivity index (χ0n) is 25.2. The molecule has 0 unspecified atom stereocenters. The Balaban J connectivity index is 1.30. The zero-order chi connectivity index (χ0) is 31.4. The van der Waals surface area contributed by atoms with Crippen molar-refractivity contribution in [2.24, 2.45) is 0 Å². The van der Waals surface area contributed by atoms with Crippen LogP contribution in [-0.4, -0.2) is 46.9 Å². The SMILES string of the molecule is CC(=O)Nc1ccc(-c2cc3cc(NC(=O)[C@@H]4CCCN4C(=O)[C@H](NC(=O)OC(C)(C)C)c4ccccc4)ccc3o2)cc1. The van der Waals surface area contributed by atoms with Crippen molar-refractivity contribution in [2.45, 2.75) is 58.2 Å². The summed E-state index contributed by atoms with van der Waals surface area (Å²) in [4.78, 5) is 52.8. The van der Waals surface area contributed by atoms with E-state index in [0.717, 1.165) is 10.9 Å². The molecule has 5 rings (SSSR count). The van der Waals surface area contributed by atoms with Gasteiger partial charge >= 0.3 is 6.09 Å². The van der Waals surface area contributed by atoms with Gasteiger partial charge in [0, 0.05) is 35.8 Å². The van der Waals surface area contributed by atoms with Crippen molar-refractivity contribution in [3.8, 4) is 11.3 Å². The number of hydrogen-bond acceptors (Lipinski definition) is 6. The van der Waals surface area contributed by atoms with Crippen LogP contribution < -0.4 is 16.0 Å². The van der Waals surface area contributed by atoms with E-state index in [9.17, 15) is 19.2 Å². The predicted molar refractivity (Wildman–Crippen MR) is 168 cm³/mol. The number of alkyl carbamates (subject to hydrolysis) is 1. The summed E-state index contributed by atoms with van der Waals surface area (Å²) in [5.74, 6) is -0.180. The lowest BCUT2D eigenvalue weighted by atomic mass is 10.0. The van der Waals surface area contributed by atoms with Crippen molar-refractivity contribution in [3.05, 3.63) is 84.4 Å². The van der Waals surface area contributed by atoms with E-state index >= 15 is 0 Å². The van der Waals surface area contributed by atoms with Crippen LogP contribution in [0, 0.1) is 0 Å². The largest absolute Gasteiger partial charge is 0.456 e. The van der Waals surface area contributed by atoms with Gasteiger partial charge in [0.2, 0.25) is 11.8 Å². The Labute approximate surface area is 255 Å². The third kappa shape index (κ3) is 7.26. The second kappa shape index (κ2) is 12.6. The fourth-order valence-electron chi connectivity index (χ4n) is 5.24. The zero-order valence-corrected chi connectivity index (χ0v) is 25.2. The molecule has 1 saturated heterocycles. The fourth-order valence-corrected chi connectivity index (χ4v) is 5.24. The van der Waals surface area contributed by atoms with Crippen molar-refractivity contribution in [1.82, 2.24) is 10.2 Å². The summed E-state index contributed by atoms with van der Waals surface area (Å²) in [6.07, 6.45) is 0.442. The lowest BCUT2D eigenvalue weighted by Crippen LogP contribution is -2.49. The minimum absolute atomic E-state index is 0.144. The van der Waals surface area contributed by atoms with Gasteiger partial charge < -0.3 is 30.0 Å². The van der Waals surface area contributed by atoms with Gasteiger partial charge in [-0.25, -0.2) is 4.79 Å². The highest BCUT2D eigenvalue weighted by atomic mass is 16.6. The Morgan fingerprint density at radius 1 is 0.909 bits per heavy atom. The third-order valence-electron chi connectivity index (χ3n) is 7.15. The number of carbonyl (C=O) groups excluding carboxylic acids is 4. The first-order chi connectivity index (χ1) is 21.0. The number of benzene rings is 3. The molecule has 228 valence electrons. The molecule has 0 aliphatic carbocycles. The molecule has 4 aromatic rings. The van der Waals surface area contributed by atoms with E-state index < -0.39 is 23.8 Å².